The van der Waals surface area contributed by atoms with E-state index in [2.05, 4.69) is 50.1 Å². The highest BCUT2D eigenvalue weighted by molar-refractivity contribution is 9.10. The van der Waals surface area contributed by atoms with Crippen LogP contribution in [0.1, 0.15) is 22.5 Å². The van der Waals surface area contributed by atoms with Gasteiger partial charge in [-0.2, -0.15) is 0 Å². The number of thiocarbonyl (C=S) groups is 1. The maximum Gasteiger partial charge on any atom is 0.270 e. The Bertz CT molecular complexity index is 1360. The van der Waals surface area contributed by atoms with Gasteiger partial charge in [0, 0.05) is 41.3 Å². The van der Waals surface area contributed by atoms with E-state index in [-0.39, 0.29) is 10.7 Å². The van der Waals surface area contributed by atoms with Gasteiger partial charge in [-0.25, -0.2) is 0 Å². The van der Waals surface area contributed by atoms with Crippen LogP contribution in [-0.4, -0.2) is 35.6 Å². The third kappa shape index (κ3) is 4.31. The molecule has 1 N–H and O–H groups in total. The molecule has 0 atom stereocenters. The Hall–Kier alpha value is -3.23. The second-order valence-corrected chi connectivity index (χ2v) is 9.76. The van der Waals surface area contributed by atoms with E-state index >= 15 is 0 Å². The van der Waals surface area contributed by atoms with Crippen molar-refractivity contribution < 1.29 is 9.59 Å². The van der Waals surface area contributed by atoms with E-state index in [1.807, 2.05) is 64.0 Å². The Labute approximate surface area is 213 Å². The van der Waals surface area contributed by atoms with E-state index < -0.39 is 11.8 Å². The van der Waals surface area contributed by atoms with Crippen LogP contribution in [0.2, 0.25) is 0 Å². The van der Waals surface area contributed by atoms with Gasteiger partial charge >= 0.3 is 0 Å². The third-order valence-corrected chi connectivity index (χ3v) is 6.67. The van der Waals surface area contributed by atoms with Gasteiger partial charge in [-0.15, -0.1) is 0 Å². The molecule has 1 aliphatic heterocycles. The average molecular weight is 537 g/mol. The van der Waals surface area contributed by atoms with Gasteiger partial charge < -0.3 is 9.47 Å². The summed E-state index contributed by atoms with van der Waals surface area (Å²) < 4.78 is 3.01. The zero-order valence-corrected chi connectivity index (χ0v) is 22.0. The molecule has 1 saturated heterocycles. The zero-order valence-electron chi connectivity index (χ0n) is 19.6. The number of halogens is 1. The Kier molecular flexibility index (Phi) is 6.47. The van der Waals surface area contributed by atoms with Crippen LogP contribution in [0.4, 0.5) is 11.4 Å². The molecule has 1 fully saturated rings. The standard InChI is InChI=1S/C26H25BrN4O2S/c1-15-12-19(27)6-11-23(15)31-25(33)22(24(32)28-26(31)34)14-18-13-16(2)30(17(18)3)21-9-7-20(8-10-21)29(4)5/h6-14H,1-5H3,(H,28,32,34)/b22-14+. The maximum atomic E-state index is 13.4. The summed E-state index contributed by atoms with van der Waals surface area (Å²) in [6, 6.07) is 15.8. The van der Waals surface area contributed by atoms with Crippen molar-refractivity contribution in [2.75, 3.05) is 23.9 Å². The minimum Gasteiger partial charge on any atom is -0.378 e. The Morgan fingerprint density at radius 3 is 2.29 bits per heavy atom. The highest BCUT2D eigenvalue weighted by Crippen LogP contribution is 2.29. The van der Waals surface area contributed by atoms with Crippen LogP contribution in [0.25, 0.3) is 11.8 Å². The summed E-state index contributed by atoms with van der Waals surface area (Å²) in [7, 11) is 4.00. The molecule has 4 rings (SSSR count). The molecular weight excluding hydrogens is 512 g/mol. The van der Waals surface area contributed by atoms with Crippen molar-refractivity contribution in [3.8, 4) is 5.69 Å². The number of nitrogens with zero attached hydrogens (tertiary/aromatic N) is 3. The molecular formula is C26H25BrN4O2S. The number of rotatable bonds is 4. The lowest BCUT2D eigenvalue weighted by atomic mass is 10.1. The van der Waals surface area contributed by atoms with Crippen molar-refractivity contribution in [2.24, 2.45) is 0 Å². The second-order valence-electron chi connectivity index (χ2n) is 8.46. The highest BCUT2D eigenvalue weighted by atomic mass is 79.9. The van der Waals surface area contributed by atoms with Crippen LogP contribution < -0.4 is 15.1 Å². The number of carbonyl (C=O) groups is 2. The monoisotopic (exact) mass is 536 g/mol. The summed E-state index contributed by atoms with van der Waals surface area (Å²) >= 11 is 8.78. The molecule has 1 aromatic heterocycles. The lowest BCUT2D eigenvalue weighted by molar-refractivity contribution is -0.122. The van der Waals surface area contributed by atoms with Crippen molar-refractivity contribution in [1.82, 2.24) is 9.88 Å². The quantitative estimate of drug-likeness (QED) is 0.287. The van der Waals surface area contributed by atoms with Crippen LogP contribution in [0.15, 0.2) is 58.6 Å². The normalized spacial score (nSPS) is 15.2. The van der Waals surface area contributed by atoms with E-state index in [4.69, 9.17) is 12.2 Å². The van der Waals surface area contributed by atoms with Crippen LogP contribution in [-0.2, 0) is 9.59 Å². The smallest absolute Gasteiger partial charge is 0.270 e. The molecule has 2 amide bonds. The van der Waals surface area contributed by atoms with Gasteiger partial charge in [0.15, 0.2) is 5.11 Å². The topological polar surface area (TPSA) is 57.6 Å². The molecule has 0 spiro atoms. The number of aromatic nitrogens is 1. The first kappa shape index (κ1) is 23.9. The molecule has 0 aliphatic carbocycles. The predicted molar refractivity (Wildman–Crippen MR) is 145 cm³/mol. The van der Waals surface area contributed by atoms with Crippen LogP contribution >= 0.6 is 28.1 Å². The number of hydrogen-bond acceptors (Lipinski definition) is 4. The van der Waals surface area contributed by atoms with E-state index in [1.165, 1.54) is 4.90 Å². The van der Waals surface area contributed by atoms with Gasteiger partial charge in [0.2, 0.25) is 0 Å². The van der Waals surface area contributed by atoms with E-state index in [1.54, 1.807) is 6.08 Å². The molecule has 0 saturated carbocycles. The molecule has 34 heavy (non-hydrogen) atoms. The highest BCUT2D eigenvalue weighted by Gasteiger charge is 2.35. The minimum atomic E-state index is -0.499. The Morgan fingerprint density at radius 1 is 1.00 bits per heavy atom. The average Bonchev–Trinajstić information content (AvgIpc) is 3.05. The molecule has 0 radical (unpaired) electrons. The summed E-state index contributed by atoms with van der Waals surface area (Å²) in [5, 5.41) is 2.74. The number of nitrogens with one attached hydrogen (secondary N) is 1. The zero-order chi connectivity index (χ0) is 24.7. The van der Waals surface area contributed by atoms with Gasteiger partial charge in [-0.1, -0.05) is 15.9 Å². The molecule has 6 nitrogen and oxygen atoms in total. The third-order valence-electron chi connectivity index (χ3n) is 5.90. The fourth-order valence-electron chi connectivity index (χ4n) is 4.13. The molecule has 2 heterocycles. The summed E-state index contributed by atoms with van der Waals surface area (Å²) in [6.45, 7) is 5.88. The molecule has 3 aromatic rings. The van der Waals surface area contributed by atoms with Gasteiger partial charge in [-0.05, 0) is 98.7 Å². The van der Waals surface area contributed by atoms with E-state index in [9.17, 15) is 9.59 Å². The fraction of sp³-hybridized carbons (Fsp3) is 0.192. The van der Waals surface area contributed by atoms with Gasteiger partial charge in [0.1, 0.15) is 5.57 Å². The van der Waals surface area contributed by atoms with Gasteiger partial charge in [0.05, 0.1) is 5.69 Å². The van der Waals surface area contributed by atoms with Gasteiger partial charge in [0.25, 0.3) is 11.8 Å². The number of benzene rings is 2. The van der Waals surface area contributed by atoms with Crippen molar-refractivity contribution in [2.45, 2.75) is 20.8 Å². The lowest BCUT2D eigenvalue weighted by Crippen LogP contribution is -2.54. The van der Waals surface area contributed by atoms with Crippen molar-refractivity contribution in [3.05, 3.63) is 81.1 Å². The molecule has 0 unspecified atom stereocenters. The van der Waals surface area contributed by atoms with Gasteiger partial charge in [-0.3, -0.25) is 19.8 Å². The summed E-state index contributed by atoms with van der Waals surface area (Å²) in [5.41, 5.74) is 6.39. The fourth-order valence-corrected chi connectivity index (χ4v) is 4.88. The number of aryl methyl sites for hydroxylation is 2. The molecule has 174 valence electrons. The van der Waals surface area contributed by atoms with Crippen LogP contribution in [0, 0.1) is 20.8 Å². The molecule has 2 aromatic carbocycles. The molecule has 0 bridgehead atoms. The summed E-state index contributed by atoms with van der Waals surface area (Å²) in [5.74, 6) is -0.944. The predicted octanol–water partition coefficient (Wildman–Crippen LogP) is 5.06. The van der Waals surface area contributed by atoms with Crippen molar-refractivity contribution >= 4 is 62.5 Å². The SMILES string of the molecule is Cc1cc(Br)ccc1N1C(=O)/C(=C/c2cc(C)n(-c3ccc(N(C)C)cc3)c2C)C(=O)NC1=S. The number of amides is 2. The van der Waals surface area contributed by atoms with Crippen molar-refractivity contribution in [3.63, 3.8) is 0 Å². The summed E-state index contributed by atoms with van der Waals surface area (Å²) in [6.07, 6.45) is 1.65. The maximum absolute atomic E-state index is 13.4. The number of anilines is 2. The van der Waals surface area contributed by atoms with Crippen LogP contribution in [0.5, 0.6) is 0 Å². The first-order valence-corrected chi connectivity index (χ1v) is 11.9. The second kappa shape index (κ2) is 9.19. The number of carbonyl (C=O) groups excluding carboxylic acids is 2. The first-order valence-electron chi connectivity index (χ1n) is 10.7. The molecule has 8 heteroatoms. The molecule has 1 aliphatic rings. The largest absolute Gasteiger partial charge is 0.378 e. The Morgan fingerprint density at radius 2 is 1.68 bits per heavy atom. The van der Waals surface area contributed by atoms with Crippen LogP contribution in [0.3, 0.4) is 0 Å². The van der Waals surface area contributed by atoms with Crippen molar-refractivity contribution in [1.29, 1.82) is 0 Å². The first-order chi connectivity index (χ1) is 16.1. The van der Waals surface area contributed by atoms with E-state index in [0.29, 0.717) is 5.69 Å². The Balaban J connectivity index is 1.74. The number of hydrogen-bond donors (Lipinski definition) is 1. The minimum absolute atomic E-state index is 0.0409. The van der Waals surface area contributed by atoms with E-state index in [0.717, 1.165) is 38.4 Å². The lowest BCUT2D eigenvalue weighted by Gasteiger charge is -2.30. The summed E-state index contributed by atoms with van der Waals surface area (Å²) in [4.78, 5) is 29.7.